The zero-order chi connectivity index (χ0) is 19.3. The van der Waals surface area contributed by atoms with E-state index >= 15 is 0 Å². The van der Waals surface area contributed by atoms with Gasteiger partial charge in [0.2, 0.25) is 0 Å². The molecule has 3 heteroatoms. The van der Waals surface area contributed by atoms with E-state index < -0.39 is 0 Å². The number of thiophene rings is 1. The highest BCUT2D eigenvalue weighted by atomic mass is 32.1. The first kappa shape index (κ1) is 23.2. The van der Waals surface area contributed by atoms with E-state index in [-0.39, 0.29) is 5.97 Å². The first-order valence-corrected chi connectivity index (χ1v) is 11.5. The van der Waals surface area contributed by atoms with Crippen LogP contribution in [-0.2, 0) is 11.2 Å². The van der Waals surface area contributed by atoms with E-state index in [2.05, 4.69) is 26.8 Å². The molecule has 0 spiro atoms. The Morgan fingerprint density at radius 2 is 1.50 bits per heavy atom. The van der Waals surface area contributed by atoms with Gasteiger partial charge in [-0.2, -0.15) is 0 Å². The molecule has 1 atom stereocenters. The lowest BCUT2D eigenvalue weighted by Crippen LogP contribution is -2.17. The minimum absolute atomic E-state index is 0.210. The van der Waals surface area contributed by atoms with Gasteiger partial charge < -0.3 is 4.74 Å². The number of esters is 1. The van der Waals surface area contributed by atoms with Gasteiger partial charge in [-0.1, -0.05) is 72.1 Å². The molecular formula is C23H40O2S. The molecule has 0 aliphatic carbocycles. The van der Waals surface area contributed by atoms with Crippen LogP contribution in [0.15, 0.2) is 12.1 Å². The summed E-state index contributed by atoms with van der Waals surface area (Å²) in [4.78, 5) is 13.6. The summed E-state index contributed by atoms with van der Waals surface area (Å²) < 4.78 is 4.81. The summed E-state index contributed by atoms with van der Waals surface area (Å²) in [7, 11) is 1.45. The maximum absolute atomic E-state index is 11.6. The fourth-order valence-corrected chi connectivity index (χ4v) is 4.71. The van der Waals surface area contributed by atoms with Crippen LogP contribution in [0.5, 0.6) is 0 Å². The van der Waals surface area contributed by atoms with E-state index in [1.807, 2.05) is 6.07 Å². The quantitative estimate of drug-likeness (QED) is 0.229. The Bertz CT molecular complexity index is 494. The van der Waals surface area contributed by atoms with Gasteiger partial charge in [0.05, 0.1) is 7.11 Å². The topological polar surface area (TPSA) is 26.3 Å². The van der Waals surface area contributed by atoms with Crippen molar-refractivity contribution in [2.75, 3.05) is 7.11 Å². The lowest BCUT2D eigenvalue weighted by Gasteiger charge is -2.30. The molecule has 0 N–H and O–H groups in total. The van der Waals surface area contributed by atoms with Crippen molar-refractivity contribution < 1.29 is 9.53 Å². The van der Waals surface area contributed by atoms with Gasteiger partial charge in [-0.05, 0) is 49.7 Å². The number of hydrogen-bond donors (Lipinski definition) is 0. The predicted molar refractivity (Wildman–Crippen MR) is 114 cm³/mol. The molecule has 1 heterocycles. The molecule has 0 saturated heterocycles. The maximum Gasteiger partial charge on any atom is 0.348 e. The molecule has 0 amide bonds. The van der Waals surface area contributed by atoms with Crippen LogP contribution in [0.2, 0.25) is 0 Å². The monoisotopic (exact) mass is 380 g/mol. The second kappa shape index (κ2) is 13.4. The second-order valence-corrected chi connectivity index (χ2v) is 9.21. The van der Waals surface area contributed by atoms with Gasteiger partial charge in [-0.25, -0.2) is 4.79 Å². The van der Waals surface area contributed by atoms with Crippen LogP contribution >= 0.6 is 11.3 Å². The molecule has 1 aromatic rings. The van der Waals surface area contributed by atoms with E-state index in [1.54, 1.807) is 11.3 Å². The summed E-state index contributed by atoms with van der Waals surface area (Å²) in [5.41, 5.74) is 0.490. The molecule has 1 rings (SSSR count). The Labute approximate surface area is 165 Å². The number of unbranched alkanes of at least 4 members (excludes halogenated alkanes) is 6. The van der Waals surface area contributed by atoms with Crippen LogP contribution < -0.4 is 0 Å². The number of ether oxygens (including phenoxy) is 1. The minimum Gasteiger partial charge on any atom is -0.465 e. The van der Waals surface area contributed by atoms with Gasteiger partial charge in [0.15, 0.2) is 0 Å². The lowest BCUT2D eigenvalue weighted by molar-refractivity contribution is 0.0606. The Kier molecular flexibility index (Phi) is 11.9. The maximum atomic E-state index is 11.6. The van der Waals surface area contributed by atoms with E-state index in [9.17, 15) is 4.79 Å². The van der Waals surface area contributed by atoms with Crippen molar-refractivity contribution in [3.05, 3.63) is 21.9 Å². The third-order valence-electron chi connectivity index (χ3n) is 5.52. The Morgan fingerprint density at radius 3 is 2.15 bits per heavy atom. The van der Waals surface area contributed by atoms with Crippen molar-refractivity contribution in [3.8, 4) is 0 Å². The van der Waals surface area contributed by atoms with Gasteiger partial charge in [0.25, 0.3) is 0 Å². The average molecular weight is 381 g/mol. The first-order chi connectivity index (χ1) is 12.5. The fraction of sp³-hybridized carbons (Fsp3) is 0.783. The highest BCUT2D eigenvalue weighted by Crippen LogP contribution is 2.36. The zero-order valence-electron chi connectivity index (χ0n) is 17.6. The number of carbonyl (C=O) groups is 1. The van der Waals surface area contributed by atoms with E-state index in [0.717, 1.165) is 11.3 Å². The molecule has 0 saturated carbocycles. The molecule has 0 radical (unpaired) electrons. The predicted octanol–water partition coefficient (Wildman–Crippen LogP) is 7.80. The number of carbonyl (C=O) groups excluding carboxylic acids is 1. The third kappa shape index (κ3) is 9.21. The summed E-state index contributed by atoms with van der Waals surface area (Å²) in [5.74, 6) is -0.210. The van der Waals surface area contributed by atoms with E-state index in [4.69, 9.17) is 4.74 Å². The van der Waals surface area contributed by atoms with Crippen molar-refractivity contribution in [2.24, 2.45) is 5.41 Å². The van der Waals surface area contributed by atoms with Crippen molar-refractivity contribution in [1.29, 1.82) is 0 Å². The zero-order valence-corrected chi connectivity index (χ0v) is 18.4. The van der Waals surface area contributed by atoms with Gasteiger partial charge >= 0.3 is 5.97 Å². The second-order valence-electron chi connectivity index (χ2n) is 8.04. The van der Waals surface area contributed by atoms with Gasteiger partial charge in [-0.3, -0.25) is 0 Å². The fourth-order valence-electron chi connectivity index (χ4n) is 3.74. The molecule has 1 unspecified atom stereocenters. The van der Waals surface area contributed by atoms with Crippen LogP contribution in [-0.4, -0.2) is 13.1 Å². The standard InChI is InChI=1S/C23H40O2S/c1-5-7-9-10-12-18-23(3,17-11-8-6-2)19-13-14-20-15-16-21(26-20)22(24)25-4/h15-16H,5-14,17-19H2,1-4H3. The van der Waals surface area contributed by atoms with Crippen molar-refractivity contribution in [3.63, 3.8) is 0 Å². The molecular weight excluding hydrogens is 340 g/mol. The Hall–Kier alpha value is -0.830. The largest absolute Gasteiger partial charge is 0.465 e. The summed E-state index contributed by atoms with van der Waals surface area (Å²) in [6.45, 7) is 7.08. The highest BCUT2D eigenvalue weighted by molar-refractivity contribution is 7.13. The molecule has 26 heavy (non-hydrogen) atoms. The molecule has 0 aromatic carbocycles. The van der Waals surface area contributed by atoms with E-state index in [1.165, 1.54) is 89.0 Å². The number of rotatable bonds is 15. The van der Waals surface area contributed by atoms with Crippen molar-refractivity contribution in [1.82, 2.24) is 0 Å². The van der Waals surface area contributed by atoms with Crippen LogP contribution in [0.25, 0.3) is 0 Å². The third-order valence-corrected chi connectivity index (χ3v) is 6.64. The lowest BCUT2D eigenvalue weighted by atomic mass is 9.76. The highest BCUT2D eigenvalue weighted by Gasteiger charge is 2.23. The van der Waals surface area contributed by atoms with Crippen molar-refractivity contribution in [2.45, 2.75) is 104 Å². The minimum atomic E-state index is -0.210. The summed E-state index contributed by atoms with van der Waals surface area (Å²) in [5, 5.41) is 0. The molecule has 1 aromatic heterocycles. The van der Waals surface area contributed by atoms with Crippen LogP contribution in [0.1, 0.15) is 112 Å². The molecule has 0 aliphatic rings. The Balaban J connectivity index is 2.45. The van der Waals surface area contributed by atoms with Crippen LogP contribution in [0, 0.1) is 5.41 Å². The summed E-state index contributed by atoms with van der Waals surface area (Å²) >= 11 is 1.59. The van der Waals surface area contributed by atoms with Gasteiger partial charge in [0.1, 0.15) is 4.88 Å². The summed E-state index contributed by atoms with van der Waals surface area (Å²) in [6.07, 6.45) is 17.3. The smallest absolute Gasteiger partial charge is 0.348 e. The SMILES string of the molecule is CCCCCCCC(C)(CCCCC)CCCc1ccc(C(=O)OC)s1. The Morgan fingerprint density at radius 1 is 0.923 bits per heavy atom. The van der Waals surface area contributed by atoms with Gasteiger partial charge in [-0.15, -0.1) is 11.3 Å². The number of aryl methyl sites for hydroxylation is 1. The van der Waals surface area contributed by atoms with Gasteiger partial charge in [0, 0.05) is 4.88 Å². The number of hydrogen-bond acceptors (Lipinski definition) is 3. The van der Waals surface area contributed by atoms with Crippen molar-refractivity contribution >= 4 is 17.3 Å². The molecule has 2 nitrogen and oxygen atoms in total. The van der Waals surface area contributed by atoms with Crippen LogP contribution in [0.4, 0.5) is 0 Å². The van der Waals surface area contributed by atoms with E-state index in [0.29, 0.717) is 5.41 Å². The molecule has 0 aliphatic heterocycles. The first-order valence-electron chi connectivity index (χ1n) is 10.7. The average Bonchev–Trinajstić information content (AvgIpc) is 3.10. The molecule has 150 valence electrons. The summed E-state index contributed by atoms with van der Waals surface area (Å²) in [6, 6.07) is 4.00. The molecule has 0 bridgehead atoms. The number of methoxy groups -OCH3 is 1. The molecule has 0 fully saturated rings. The van der Waals surface area contributed by atoms with Crippen LogP contribution in [0.3, 0.4) is 0 Å². The normalized spacial score (nSPS) is 13.5.